The number of methoxy groups -OCH3 is 1. The third kappa shape index (κ3) is 4.57. The maximum atomic E-state index is 11.3. The Hall–Kier alpha value is -0.930. The molecule has 5 atom stereocenters. The van der Waals surface area contributed by atoms with Gasteiger partial charge in [0, 0.05) is 7.11 Å². The fourth-order valence-electron chi connectivity index (χ4n) is 1.68. The second-order valence-electron chi connectivity index (χ2n) is 5.02. The predicted molar refractivity (Wildman–Crippen MR) is 65.8 cm³/mol. The molecule has 0 saturated carbocycles. The Bertz CT molecular complexity index is 306. The van der Waals surface area contributed by atoms with E-state index in [1.165, 1.54) is 7.11 Å². The third-order valence-corrected chi connectivity index (χ3v) is 2.80. The zero-order chi connectivity index (χ0) is 15.3. The van der Waals surface area contributed by atoms with E-state index in [9.17, 15) is 20.1 Å². The quantitative estimate of drug-likeness (QED) is 0.567. The minimum atomic E-state index is -1.45. The van der Waals surface area contributed by atoms with E-state index in [2.05, 4.69) is 0 Å². The van der Waals surface area contributed by atoms with Crippen LogP contribution in [0.15, 0.2) is 0 Å². The molecule has 8 nitrogen and oxygen atoms in total. The smallest absolute Gasteiger partial charge is 0.434 e. The van der Waals surface area contributed by atoms with Gasteiger partial charge in [0.2, 0.25) is 0 Å². The van der Waals surface area contributed by atoms with Crippen LogP contribution in [0.3, 0.4) is 0 Å². The van der Waals surface area contributed by atoms with E-state index in [1.54, 1.807) is 0 Å². The van der Waals surface area contributed by atoms with E-state index in [-0.39, 0.29) is 19.1 Å². The fraction of sp³-hybridized carbons (Fsp3) is 0.917. The number of rotatable bonds is 5. The summed E-state index contributed by atoms with van der Waals surface area (Å²) in [5.41, 5.74) is 0. The number of hydrogen-bond acceptors (Lipinski definition) is 8. The van der Waals surface area contributed by atoms with E-state index >= 15 is 0 Å². The molecule has 0 aliphatic carbocycles. The summed E-state index contributed by atoms with van der Waals surface area (Å²) in [6.07, 6.45) is -7.22. The molecule has 118 valence electrons. The van der Waals surface area contributed by atoms with Crippen molar-refractivity contribution in [1.29, 1.82) is 0 Å². The van der Waals surface area contributed by atoms with Crippen LogP contribution in [-0.2, 0) is 18.9 Å². The molecule has 1 heterocycles. The van der Waals surface area contributed by atoms with Crippen LogP contribution >= 0.6 is 0 Å². The number of hydrogen-bond donors (Lipinski definition) is 3. The summed E-state index contributed by atoms with van der Waals surface area (Å²) in [6.45, 7) is 3.65. The Morgan fingerprint density at radius 2 is 1.80 bits per heavy atom. The average Bonchev–Trinajstić information content (AvgIpc) is 2.42. The van der Waals surface area contributed by atoms with Crippen molar-refractivity contribution in [3.8, 4) is 0 Å². The van der Waals surface area contributed by atoms with Crippen LogP contribution in [0.1, 0.15) is 13.8 Å². The van der Waals surface area contributed by atoms with Crippen LogP contribution in [0.4, 0.5) is 4.79 Å². The van der Waals surface area contributed by atoms with Gasteiger partial charge >= 0.3 is 6.16 Å². The minimum Gasteiger partial charge on any atom is -0.434 e. The SMILES string of the molecule is CO[C@H]1O[C@H](COC(=O)OCC(C)C)[C@@H](O)[C@H](O)[C@H]1O. The van der Waals surface area contributed by atoms with Crippen LogP contribution in [0.5, 0.6) is 0 Å². The summed E-state index contributed by atoms with van der Waals surface area (Å²) < 4.78 is 19.6. The number of ether oxygens (including phenoxy) is 4. The van der Waals surface area contributed by atoms with Gasteiger partial charge in [-0.2, -0.15) is 0 Å². The largest absolute Gasteiger partial charge is 0.508 e. The third-order valence-electron chi connectivity index (χ3n) is 2.80. The first kappa shape index (κ1) is 17.1. The molecule has 0 bridgehead atoms. The molecule has 0 aromatic heterocycles. The Kier molecular flexibility index (Phi) is 6.63. The Morgan fingerprint density at radius 3 is 2.35 bits per heavy atom. The maximum Gasteiger partial charge on any atom is 0.508 e. The minimum absolute atomic E-state index is 0.175. The molecule has 0 radical (unpaired) electrons. The van der Waals surface area contributed by atoms with Crippen LogP contribution in [0, 0.1) is 5.92 Å². The lowest BCUT2D eigenvalue weighted by molar-refractivity contribution is -0.294. The Balaban J connectivity index is 2.44. The van der Waals surface area contributed by atoms with Gasteiger partial charge in [-0.3, -0.25) is 0 Å². The summed E-state index contributed by atoms with van der Waals surface area (Å²) >= 11 is 0. The van der Waals surface area contributed by atoms with Gasteiger partial charge in [0.1, 0.15) is 31.0 Å². The summed E-state index contributed by atoms with van der Waals surface area (Å²) in [7, 11) is 1.28. The average molecular weight is 294 g/mol. The normalized spacial score (nSPS) is 34.0. The zero-order valence-corrected chi connectivity index (χ0v) is 11.8. The van der Waals surface area contributed by atoms with Crippen molar-refractivity contribution in [3.63, 3.8) is 0 Å². The first-order valence-electron chi connectivity index (χ1n) is 6.38. The fourth-order valence-corrected chi connectivity index (χ4v) is 1.68. The van der Waals surface area contributed by atoms with Crippen LogP contribution in [0.25, 0.3) is 0 Å². The lowest BCUT2D eigenvalue weighted by Gasteiger charge is -2.39. The van der Waals surface area contributed by atoms with Crippen molar-refractivity contribution in [1.82, 2.24) is 0 Å². The van der Waals surface area contributed by atoms with E-state index in [0.29, 0.717) is 0 Å². The summed E-state index contributed by atoms with van der Waals surface area (Å²) in [5.74, 6) is 0.175. The standard InChI is InChI=1S/C12H22O8/c1-6(2)4-18-12(16)19-5-7-8(13)9(14)10(15)11(17-3)20-7/h6-11,13-15H,4-5H2,1-3H3/t7-,8-,9+,10-,11+/m1/s1. The first-order valence-corrected chi connectivity index (χ1v) is 6.38. The molecule has 8 heteroatoms. The molecule has 3 N–H and O–H groups in total. The first-order chi connectivity index (χ1) is 9.36. The van der Waals surface area contributed by atoms with Crippen molar-refractivity contribution < 1.29 is 39.1 Å². The molecule has 0 aromatic carbocycles. The molecule has 1 saturated heterocycles. The summed E-state index contributed by atoms with van der Waals surface area (Å²) in [4.78, 5) is 11.3. The number of aliphatic hydroxyl groups is 3. The van der Waals surface area contributed by atoms with Gasteiger partial charge in [-0.15, -0.1) is 0 Å². The van der Waals surface area contributed by atoms with Crippen molar-refractivity contribution in [3.05, 3.63) is 0 Å². The van der Waals surface area contributed by atoms with E-state index in [0.717, 1.165) is 0 Å². The van der Waals surface area contributed by atoms with Crippen molar-refractivity contribution in [2.45, 2.75) is 44.6 Å². The highest BCUT2D eigenvalue weighted by Gasteiger charge is 2.44. The molecule has 1 fully saturated rings. The van der Waals surface area contributed by atoms with Gasteiger partial charge < -0.3 is 34.3 Å². The van der Waals surface area contributed by atoms with Gasteiger partial charge in [-0.1, -0.05) is 13.8 Å². The second kappa shape index (κ2) is 7.75. The van der Waals surface area contributed by atoms with Gasteiger partial charge in [0.05, 0.1) is 6.61 Å². The number of aliphatic hydroxyl groups excluding tert-OH is 3. The Labute approximate surface area is 117 Å². The highest BCUT2D eigenvalue weighted by atomic mass is 16.7. The molecular formula is C12H22O8. The molecule has 0 unspecified atom stereocenters. The lowest BCUT2D eigenvalue weighted by Crippen LogP contribution is -2.59. The maximum absolute atomic E-state index is 11.3. The Morgan fingerprint density at radius 1 is 1.15 bits per heavy atom. The number of carbonyl (C=O) groups is 1. The second-order valence-corrected chi connectivity index (χ2v) is 5.02. The molecule has 0 amide bonds. The molecular weight excluding hydrogens is 272 g/mol. The van der Waals surface area contributed by atoms with E-state index in [1.807, 2.05) is 13.8 Å². The summed E-state index contributed by atoms with van der Waals surface area (Å²) in [5, 5.41) is 28.9. The highest BCUT2D eigenvalue weighted by molar-refractivity contribution is 5.59. The van der Waals surface area contributed by atoms with Crippen LogP contribution in [-0.4, -0.2) is 72.5 Å². The van der Waals surface area contributed by atoms with Gasteiger partial charge in [-0.05, 0) is 5.92 Å². The van der Waals surface area contributed by atoms with E-state index < -0.39 is 36.9 Å². The highest BCUT2D eigenvalue weighted by Crippen LogP contribution is 2.22. The molecule has 1 aliphatic rings. The monoisotopic (exact) mass is 294 g/mol. The van der Waals surface area contributed by atoms with Crippen molar-refractivity contribution in [2.75, 3.05) is 20.3 Å². The van der Waals surface area contributed by atoms with Crippen molar-refractivity contribution >= 4 is 6.16 Å². The molecule has 1 aliphatic heterocycles. The number of carbonyl (C=O) groups excluding carboxylic acids is 1. The zero-order valence-electron chi connectivity index (χ0n) is 11.8. The van der Waals surface area contributed by atoms with Gasteiger partial charge in [-0.25, -0.2) is 4.79 Å². The van der Waals surface area contributed by atoms with Gasteiger partial charge in [0.25, 0.3) is 0 Å². The summed E-state index contributed by atoms with van der Waals surface area (Å²) in [6, 6.07) is 0. The van der Waals surface area contributed by atoms with Gasteiger partial charge in [0.15, 0.2) is 6.29 Å². The van der Waals surface area contributed by atoms with Crippen molar-refractivity contribution in [2.24, 2.45) is 5.92 Å². The lowest BCUT2D eigenvalue weighted by atomic mass is 9.99. The van der Waals surface area contributed by atoms with E-state index in [4.69, 9.17) is 18.9 Å². The molecule has 0 aromatic rings. The molecule has 20 heavy (non-hydrogen) atoms. The molecule has 1 rings (SSSR count). The van der Waals surface area contributed by atoms with Crippen LogP contribution < -0.4 is 0 Å². The molecule has 0 spiro atoms. The predicted octanol–water partition coefficient (Wildman–Crippen LogP) is -0.750. The topological polar surface area (TPSA) is 115 Å². The van der Waals surface area contributed by atoms with Crippen LogP contribution in [0.2, 0.25) is 0 Å².